The van der Waals surface area contributed by atoms with Crippen molar-refractivity contribution in [3.63, 3.8) is 0 Å². The van der Waals surface area contributed by atoms with Gasteiger partial charge in [-0.25, -0.2) is 8.78 Å². The summed E-state index contributed by atoms with van der Waals surface area (Å²) in [6, 6.07) is 5.42. The second-order valence-electron chi connectivity index (χ2n) is 4.86. The van der Waals surface area contributed by atoms with Gasteiger partial charge in [0.1, 0.15) is 11.6 Å². The molecule has 1 aromatic carbocycles. The van der Waals surface area contributed by atoms with Crippen molar-refractivity contribution in [1.29, 1.82) is 0 Å². The number of aryl methyl sites for hydroxylation is 1. The Morgan fingerprint density at radius 3 is 2.70 bits per heavy atom. The standard InChI is InChI=1S/C15H19F2N3/c1-3-7-18-15(10-12-6-8-20(2)19-12)13-5-4-11(16)9-14(13)17/h4-6,8-9,15,18H,3,7,10H2,1-2H3. The minimum atomic E-state index is -0.557. The Labute approximate surface area is 117 Å². The van der Waals surface area contributed by atoms with Crippen LogP contribution in [0.2, 0.25) is 0 Å². The van der Waals surface area contributed by atoms with Crippen molar-refractivity contribution >= 4 is 0 Å². The van der Waals surface area contributed by atoms with Crippen molar-refractivity contribution in [3.05, 3.63) is 53.4 Å². The summed E-state index contributed by atoms with van der Waals surface area (Å²) >= 11 is 0. The van der Waals surface area contributed by atoms with Crippen LogP contribution in [0, 0.1) is 11.6 Å². The Balaban J connectivity index is 2.22. The van der Waals surface area contributed by atoms with Gasteiger partial charge >= 0.3 is 0 Å². The first-order valence-electron chi connectivity index (χ1n) is 6.77. The van der Waals surface area contributed by atoms with Gasteiger partial charge in [0.15, 0.2) is 0 Å². The van der Waals surface area contributed by atoms with Crippen LogP contribution in [0.1, 0.15) is 30.6 Å². The van der Waals surface area contributed by atoms with E-state index in [0.29, 0.717) is 12.0 Å². The number of halogens is 2. The number of hydrogen-bond donors (Lipinski definition) is 1. The number of aromatic nitrogens is 2. The van der Waals surface area contributed by atoms with Gasteiger partial charge in [0.05, 0.1) is 5.69 Å². The zero-order valence-corrected chi connectivity index (χ0v) is 11.7. The maximum atomic E-state index is 13.9. The molecule has 20 heavy (non-hydrogen) atoms. The number of benzene rings is 1. The van der Waals surface area contributed by atoms with Crippen molar-refractivity contribution in [3.8, 4) is 0 Å². The Hall–Kier alpha value is -1.75. The fourth-order valence-corrected chi connectivity index (χ4v) is 2.18. The van der Waals surface area contributed by atoms with Crippen LogP contribution in [0.4, 0.5) is 8.78 Å². The molecular formula is C15H19F2N3. The topological polar surface area (TPSA) is 29.9 Å². The number of hydrogen-bond acceptors (Lipinski definition) is 2. The van der Waals surface area contributed by atoms with E-state index in [2.05, 4.69) is 10.4 Å². The summed E-state index contributed by atoms with van der Waals surface area (Å²) in [5, 5.41) is 7.60. The van der Waals surface area contributed by atoms with E-state index in [-0.39, 0.29) is 6.04 Å². The van der Waals surface area contributed by atoms with Crippen LogP contribution in [0.3, 0.4) is 0 Å². The summed E-state index contributed by atoms with van der Waals surface area (Å²) in [5.74, 6) is -1.08. The molecule has 0 aliphatic heterocycles. The molecule has 0 aliphatic rings. The molecule has 5 heteroatoms. The molecular weight excluding hydrogens is 260 g/mol. The average Bonchev–Trinajstić information content (AvgIpc) is 2.80. The van der Waals surface area contributed by atoms with Crippen LogP contribution in [-0.2, 0) is 13.5 Å². The minimum absolute atomic E-state index is 0.203. The molecule has 0 radical (unpaired) electrons. The van der Waals surface area contributed by atoms with Gasteiger partial charge < -0.3 is 5.32 Å². The van der Waals surface area contributed by atoms with E-state index in [0.717, 1.165) is 24.7 Å². The van der Waals surface area contributed by atoms with Crippen LogP contribution in [-0.4, -0.2) is 16.3 Å². The normalized spacial score (nSPS) is 12.6. The second-order valence-corrected chi connectivity index (χ2v) is 4.86. The lowest BCUT2D eigenvalue weighted by molar-refractivity contribution is 0.486. The molecule has 1 heterocycles. The Kier molecular flexibility index (Phi) is 4.84. The largest absolute Gasteiger partial charge is 0.310 e. The van der Waals surface area contributed by atoms with Crippen LogP contribution in [0.15, 0.2) is 30.5 Å². The molecule has 0 saturated heterocycles. The third kappa shape index (κ3) is 3.63. The summed E-state index contributed by atoms with van der Waals surface area (Å²) in [5.41, 5.74) is 1.36. The molecule has 1 N–H and O–H groups in total. The number of rotatable bonds is 6. The highest BCUT2D eigenvalue weighted by Gasteiger charge is 2.17. The highest BCUT2D eigenvalue weighted by atomic mass is 19.1. The maximum absolute atomic E-state index is 13.9. The highest BCUT2D eigenvalue weighted by molar-refractivity contribution is 5.23. The zero-order valence-electron chi connectivity index (χ0n) is 11.7. The monoisotopic (exact) mass is 279 g/mol. The third-order valence-electron chi connectivity index (χ3n) is 3.16. The van der Waals surface area contributed by atoms with Gasteiger partial charge in [-0.05, 0) is 25.1 Å². The van der Waals surface area contributed by atoms with E-state index in [1.165, 1.54) is 12.1 Å². The lowest BCUT2D eigenvalue weighted by Crippen LogP contribution is -2.25. The molecule has 108 valence electrons. The predicted octanol–water partition coefficient (Wildman–Crippen LogP) is 2.98. The van der Waals surface area contributed by atoms with Gasteiger partial charge in [-0.15, -0.1) is 0 Å². The Morgan fingerprint density at radius 2 is 2.10 bits per heavy atom. The Morgan fingerprint density at radius 1 is 1.30 bits per heavy atom. The summed E-state index contributed by atoms with van der Waals surface area (Å²) < 4.78 is 28.7. The summed E-state index contributed by atoms with van der Waals surface area (Å²) in [6.45, 7) is 2.82. The van der Waals surface area contributed by atoms with E-state index in [1.54, 1.807) is 4.68 Å². The van der Waals surface area contributed by atoms with Gasteiger partial charge in [0.25, 0.3) is 0 Å². The fourth-order valence-electron chi connectivity index (χ4n) is 2.18. The fraction of sp³-hybridized carbons (Fsp3) is 0.400. The average molecular weight is 279 g/mol. The van der Waals surface area contributed by atoms with Gasteiger partial charge in [-0.2, -0.15) is 5.10 Å². The molecule has 0 spiro atoms. The Bertz CT molecular complexity index is 566. The first-order chi connectivity index (χ1) is 9.60. The van der Waals surface area contributed by atoms with Crippen molar-refractivity contribution in [1.82, 2.24) is 15.1 Å². The van der Waals surface area contributed by atoms with Gasteiger partial charge in [0, 0.05) is 37.3 Å². The first-order valence-corrected chi connectivity index (χ1v) is 6.77. The van der Waals surface area contributed by atoms with Crippen molar-refractivity contribution in [2.24, 2.45) is 7.05 Å². The smallest absolute Gasteiger partial charge is 0.130 e. The van der Waals surface area contributed by atoms with Gasteiger partial charge in [0.2, 0.25) is 0 Å². The lowest BCUT2D eigenvalue weighted by Gasteiger charge is -2.18. The van der Waals surface area contributed by atoms with E-state index < -0.39 is 11.6 Å². The maximum Gasteiger partial charge on any atom is 0.130 e. The second kappa shape index (κ2) is 6.61. The zero-order chi connectivity index (χ0) is 14.5. The molecule has 0 amide bonds. The van der Waals surface area contributed by atoms with Gasteiger partial charge in [-0.3, -0.25) is 4.68 Å². The molecule has 1 unspecified atom stereocenters. The summed E-state index contributed by atoms with van der Waals surface area (Å²) in [4.78, 5) is 0. The molecule has 3 nitrogen and oxygen atoms in total. The molecule has 2 aromatic rings. The van der Waals surface area contributed by atoms with Crippen molar-refractivity contribution in [2.75, 3.05) is 6.54 Å². The number of nitrogens with one attached hydrogen (secondary N) is 1. The van der Waals surface area contributed by atoms with Crippen LogP contribution >= 0.6 is 0 Å². The van der Waals surface area contributed by atoms with E-state index in [4.69, 9.17) is 0 Å². The van der Waals surface area contributed by atoms with Gasteiger partial charge in [-0.1, -0.05) is 13.0 Å². The number of nitrogens with zero attached hydrogens (tertiary/aromatic N) is 2. The van der Waals surface area contributed by atoms with Crippen molar-refractivity contribution < 1.29 is 8.78 Å². The van der Waals surface area contributed by atoms with Crippen LogP contribution in [0.5, 0.6) is 0 Å². The third-order valence-corrected chi connectivity index (χ3v) is 3.16. The molecule has 0 fully saturated rings. The molecule has 1 atom stereocenters. The SMILES string of the molecule is CCCNC(Cc1ccn(C)n1)c1ccc(F)cc1F. The summed E-state index contributed by atoms with van der Waals surface area (Å²) in [6.07, 6.45) is 3.37. The minimum Gasteiger partial charge on any atom is -0.310 e. The molecule has 0 bridgehead atoms. The van der Waals surface area contributed by atoms with Crippen LogP contribution in [0.25, 0.3) is 0 Å². The highest BCUT2D eigenvalue weighted by Crippen LogP contribution is 2.21. The molecule has 1 aromatic heterocycles. The lowest BCUT2D eigenvalue weighted by atomic mass is 10.0. The van der Waals surface area contributed by atoms with E-state index in [1.807, 2.05) is 26.2 Å². The van der Waals surface area contributed by atoms with Crippen LogP contribution < -0.4 is 5.32 Å². The molecule has 2 rings (SSSR count). The van der Waals surface area contributed by atoms with E-state index >= 15 is 0 Å². The van der Waals surface area contributed by atoms with Crippen molar-refractivity contribution in [2.45, 2.75) is 25.8 Å². The van der Waals surface area contributed by atoms with E-state index in [9.17, 15) is 8.78 Å². The molecule has 0 aliphatic carbocycles. The molecule has 0 saturated carbocycles. The quantitative estimate of drug-likeness (QED) is 0.881. The summed E-state index contributed by atoms with van der Waals surface area (Å²) in [7, 11) is 1.84. The first kappa shape index (κ1) is 14.7. The predicted molar refractivity (Wildman–Crippen MR) is 74.3 cm³/mol.